The number of carbonyl (C=O) groups is 2. The van der Waals surface area contributed by atoms with Gasteiger partial charge < -0.3 is 9.47 Å². The minimum atomic E-state index is -1.34. The van der Waals surface area contributed by atoms with Crippen LogP contribution in [0.1, 0.15) is 33.3 Å². The first-order chi connectivity index (χ1) is 11.5. The Balaban J connectivity index is 3.05. The molecule has 0 fully saturated rings. The van der Waals surface area contributed by atoms with Crippen molar-refractivity contribution >= 4 is 12.1 Å². The van der Waals surface area contributed by atoms with Gasteiger partial charge in [-0.25, -0.2) is 22.8 Å². The lowest BCUT2D eigenvalue weighted by molar-refractivity contribution is -0.137. The number of esters is 1. The maximum Gasteiger partial charge on any atom is 0.411 e. The lowest BCUT2D eigenvalue weighted by atomic mass is 10.1. The molecule has 0 aliphatic heterocycles. The Kier molecular flexibility index (Phi) is 7.02. The molecular formula is C17H20F3NO4. The minimum Gasteiger partial charge on any atom is -0.463 e. The fourth-order valence-electron chi connectivity index (χ4n) is 1.80. The first-order valence-electron chi connectivity index (χ1n) is 7.52. The van der Waals surface area contributed by atoms with Crippen LogP contribution in [0.15, 0.2) is 23.9 Å². The van der Waals surface area contributed by atoms with E-state index in [1.54, 1.807) is 27.7 Å². The van der Waals surface area contributed by atoms with Crippen LogP contribution in [0.2, 0.25) is 0 Å². The Morgan fingerprint density at radius 1 is 1.12 bits per heavy atom. The molecule has 1 aromatic rings. The number of ether oxygens (including phenoxy) is 2. The van der Waals surface area contributed by atoms with Crippen LogP contribution in [0.25, 0.3) is 0 Å². The standard InChI is InChI=1S/C17H20F3NO4/c1-5-24-15(22)8-11(21-16(23)25-17(2,3)4)6-10-7-13(19)14(20)9-12(10)18/h7-9H,5-6H2,1-4H3,(H,21,23)/b11-8-. The highest BCUT2D eigenvalue weighted by molar-refractivity contribution is 5.84. The van der Waals surface area contributed by atoms with Gasteiger partial charge in [0, 0.05) is 24.3 Å². The van der Waals surface area contributed by atoms with Crippen molar-refractivity contribution in [1.29, 1.82) is 0 Å². The molecule has 1 rings (SSSR count). The van der Waals surface area contributed by atoms with Gasteiger partial charge in [0.05, 0.1) is 6.61 Å². The number of nitrogens with one attached hydrogen (secondary N) is 1. The maximum atomic E-state index is 13.8. The molecule has 8 heteroatoms. The average molecular weight is 359 g/mol. The molecule has 0 radical (unpaired) electrons. The molecule has 0 saturated heterocycles. The second kappa shape index (κ2) is 8.55. The van der Waals surface area contributed by atoms with Gasteiger partial charge >= 0.3 is 12.1 Å². The van der Waals surface area contributed by atoms with E-state index < -0.39 is 35.1 Å². The topological polar surface area (TPSA) is 64.6 Å². The van der Waals surface area contributed by atoms with Crippen LogP contribution in [-0.2, 0) is 20.7 Å². The molecule has 0 saturated carbocycles. The molecule has 0 unspecified atom stereocenters. The Hall–Kier alpha value is -2.51. The number of rotatable bonds is 5. The van der Waals surface area contributed by atoms with Crippen LogP contribution in [0, 0.1) is 17.5 Å². The van der Waals surface area contributed by atoms with E-state index in [1.807, 2.05) is 0 Å². The third-order valence-corrected chi connectivity index (χ3v) is 2.71. The third kappa shape index (κ3) is 7.28. The fourth-order valence-corrected chi connectivity index (χ4v) is 1.80. The Morgan fingerprint density at radius 2 is 1.72 bits per heavy atom. The highest BCUT2D eigenvalue weighted by Crippen LogP contribution is 2.17. The molecule has 0 aliphatic rings. The molecule has 138 valence electrons. The molecule has 5 nitrogen and oxygen atoms in total. The normalized spacial score (nSPS) is 11.9. The summed E-state index contributed by atoms with van der Waals surface area (Å²) in [5.74, 6) is -4.38. The number of amides is 1. The number of carbonyl (C=O) groups excluding carboxylic acids is 2. The van der Waals surface area contributed by atoms with Crippen molar-refractivity contribution in [1.82, 2.24) is 5.32 Å². The average Bonchev–Trinajstić information content (AvgIpc) is 2.42. The second-order valence-electron chi connectivity index (χ2n) is 6.08. The third-order valence-electron chi connectivity index (χ3n) is 2.71. The predicted molar refractivity (Wildman–Crippen MR) is 84.1 cm³/mol. The number of hydrogen-bond acceptors (Lipinski definition) is 4. The van der Waals surface area contributed by atoms with Crippen LogP contribution in [0.5, 0.6) is 0 Å². The summed E-state index contributed by atoms with van der Waals surface area (Å²) >= 11 is 0. The Labute approximate surface area is 143 Å². The molecule has 0 aliphatic carbocycles. The minimum absolute atomic E-state index is 0.0855. The zero-order valence-electron chi connectivity index (χ0n) is 14.4. The Bertz CT molecular complexity index is 681. The molecule has 0 spiro atoms. The summed E-state index contributed by atoms with van der Waals surface area (Å²) in [6.07, 6.45) is -0.332. The van der Waals surface area contributed by atoms with Crippen molar-refractivity contribution in [3.63, 3.8) is 0 Å². The van der Waals surface area contributed by atoms with E-state index in [0.717, 1.165) is 6.08 Å². The van der Waals surface area contributed by atoms with E-state index in [2.05, 4.69) is 5.32 Å². The zero-order chi connectivity index (χ0) is 19.2. The first-order valence-corrected chi connectivity index (χ1v) is 7.52. The van der Waals surface area contributed by atoms with E-state index in [-0.39, 0.29) is 24.3 Å². The van der Waals surface area contributed by atoms with Crippen LogP contribution in [-0.4, -0.2) is 24.3 Å². The van der Waals surface area contributed by atoms with Gasteiger partial charge in [0.25, 0.3) is 0 Å². The van der Waals surface area contributed by atoms with Gasteiger partial charge in [-0.05, 0) is 39.3 Å². The summed E-state index contributed by atoms with van der Waals surface area (Å²) < 4.78 is 49.9. The lowest BCUT2D eigenvalue weighted by Gasteiger charge is -2.20. The number of benzene rings is 1. The molecule has 1 N–H and O–H groups in total. The van der Waals surface area contributed by atoms with Gasteiger partial charge in [0.15, 0.2) is 11.6 Å². The quantitative estimate of drug-likeness (QED) is 0.495. The van der Waals surface area contributed by atoms with Gasteiger partial charge in [0.2, 0.25) is 0 Å². The largest absolute Gasteiger partial charge is 0.463 e. The van der Waals surface area contributed by atoms with Crippen molar-refractivity contribution in [2.45, 2.75) is 39.7 Å². The van der Waals surface area contributed by atoms with E-state index >= 15 is 0 Å². The van der Waals surface area contributed by atoms with E-state index in [0.29, 0.717) is 12.1 Å². The number of allylic oxidation sites excluding steroid dienone is 1. The monoisotopic (exact) mass is 359 g/mol. The van der Waals surface area contributed by atoms with Gasteiger partial charge in [-0.1, -0.05) is 0 Å². The molecule has 0 heterocycles. The van der Waals surface area contributed by atoms with E-state index in [9.17, 15) is 22.8 Å². The molecule has 25 heavy (non-hydrogen) atoms. The van der Waals surface area contributed by atoms with Gasteiger partial charge in [-0.2, -0.15) is 0 Å². The Morgan fingerprint density at radius 3 is 2.28 bits per heavy atom. The molecule has 0 aromatic heterocycles. The number of halogens is 3. The second-order valence-corrected chi connectivity index (χ2v) is 6.08. The summed E-state index contributed by atoms with van der Waals surface area (Å²) in [4.78, 5) is 23.4. The summed E-state index contributed by atoms with van der Waals surface area (Å²) in [5.41, 5.74) is -1.13. The van der Waals surface area contributed by atoms with Crippen LogP contribution in [0.4, 0.5) is 18.0 Å². The zero-order valence-corrected chi connectivity index (χ0v) is 14.4. The SMILES string of the molecule is CCOC(=O)/C=C(/Cc1cc(F)c(F)cc1F)NC(=O)OC(C)(C)C. The van der Waals surface area contributed by atoms with Crippen LogP contribution in [0.3, 0.4) is 0 Å². The molecular weight excluding hydrogens is 339 g/mol. The molecule has 0 bridgehead atoms. The number of hydrogen-bond donors (Lipinski definition) is 1. The number of alkyl carbamates (subject to hydrolysis) is 1. The van der Waals surface area contributed by atoms with E-state index in [1.165, 1.54) is 0 Å². The van der Waals surface area contributed by atoms with Crippen molar-refractivity contribution in [2.75, 3.05) is 6.61 Å². The summed E-state index contributed by atoms with van der Waals surface area (Å²) in [5, 5.41) is 2.29. The van der Waals surface area contributed by atoms with Crippen LogP contribution >= 0.6 is 0 Å². The lowest BCUT2D eigenvalue weighted by Crippen LogP contribution is -2.33. The van der Waals surface area contributed by atoms with Gasteiger partial charge in [-0.15, -0.1) is 0 Å². The molecule has 1 amide bonds. The fraction of sp³-hybridized carbons (Fsp3) is 0.412. The van der Waals surface area contributed by atoms with Crippen molar-refractivity contribution < 1.29 is 32.2 Å². The van der Waals surface area contributed by atoms with Crippen molar-refractivity contribution in [2.24, 2.45) is 0 Å². The maximum absolute atomic E-state index is 13.8. The molecule has 0 atom stereocenters. The first kappa shape index (κ1) is 20.5. The van der Waals surface area contributed by atoms with Gasteiger partial charge in [0.1, 0.15) is 11.4 Å². The summed E-state index contributed by atoms with van der Waals surface area (Å²) in [6, 6.07) is 1.04. The highest BCUT2D eigenvalue weighted by atomic mass is 19.2. The van der Waals surface area contributed by atoms with Crippen LogP contribution < -0.4 is 5.32 Å². The van der Waals surface area contributed by atoms with Crippen molar-refractivity contribution in [3.05, 3.63) is 46.9 Å². The van der Waals surface area contributed by atoms with E-state index in [4.69, 9.17) is 9.47 Å². The smallest absolute Gasteiger partial charge is 0.411 e. The summed E-state index contributed by atoms with van der Waals surface area (Å²) in [7, 11) is 0. The molecule has 1 aromatic carbocycles. The predicted octanol–water partition coefficient (Wildman–Crippen LogP) is 3.62. The highest BCUT2D eigenvalue weighted by Gasteiger charge is 2.19. The van der Waals surface area contributed by atoms with Crippen molar-refractivity contribution in [3.8, 4) is 0 Å². The van der Waals surface area contributed by atoms with Gasteiger partial charge in [-0.3, -0.25) is 5.32 Å². The summed E-state index contributed by atoms with van der Waals surface area (Å²) in [6.45, 7) is 6.58.